The summed E-state index contributed by atoms with van der Waals surface area (Å²) in [6, 6.07) is 3.90. The van der Waals surface area contributed by atoms with Gasteiger partial charge in [-0.1, -0.05) is 0 Å². The Labute approximate surface area is 155 Å². The minimum Gasteiger partial charge on any atom is -0.497 e. The van der Waals surface area contributed by atoms with Crippen molar-refractivity contribution in [2.24, 2.45) is 0 Å². The molecule has 1 N–H and O–H groups in total. The number of hydrogen-bond donors (Lipinski definition) is 1. The molecule has 0 fully saturated rings. The molecule has 0 spiro atoms. The molecule has 2 aromatic rings. The Morgan fingerprint density at radius 1 is 0.821 bits per heavy atom. The Kier molecular flexibility index (Phi) is 5.74. The Morgan fingerprint density at radius 3 is 1.79 bits per heavy atom. The minimum atomic E-state index is -5.11. The van der Waals surface area contributed by atoms with Crippen LogP contribution in [0.25, 0.3) is 0 Å². The Balaban J connectivity index is 2.55. The molecule has 5 nitrogen and oxygen atoms in total. The Hall–Kier alpha value is -2.63. The normalized spacial score (nSPS) is 12.6. The number of sulfonamides is 1. The standard InChI is InChI=1S/C16H13F6NO4S/c1-26-12-3-4-14(13(8-12)27-2)28(24,25)23-11-6-9(15(17,18)19)5-10(7-11)16(20,21)22/h3-8,23H,1-2H3. The quantitative estimate of drug-likeness (QED) is 0.709. The first kappa shape index (κ1) is 21.7. The molecule has 154 valence electrons. The molecular formula is C16H13F6NO4S. The van der Waals surface area contributed by atoms with Crippen LogP contribution in [0.2, 0.25) is 0 Å². The van der Waals surface area contributed by atoms with E-state index in [4.69, 9.17) is 9.47 Å². The van der Waals surface area contributed by atoms with Crippen LogP contribution < -0.4 is 14.2 Å². The zero-order valence-electron chi connectivity index (χ0n) is 14.3. The monoisotopic (exact) mass is 429 g/mol. The molecule has 0 aromatic heterocycles. The number of halogens is 6. The van der Waals surface area contributed by atoms with E-state index in [9.17, 15) is 34.8 Å². The van der Waals surface area contributed by atoms with Crippen molar-refractivity contribution in [3.05, 3.63) is 47.5 Å². The lowest BCUT2D eigenvalue weighted by molar-refractivity contribution is -0.143. The highest BCUT2D eigenvalue weighted by Crippen LogP contribution is 2.38. The first-order valence-electron chi connectivity index (χ1n) is 7.32. The van der Waals surface area contributed by atoms with E-state index in [1.807, 2.05) is 0 Å². The van der Waals surface area contributed by atoms with E-state index in [0.29, 0.717) is 0 Å². The van der Waals surface area contributed by atoms with E-state index in [-0.39, 0.29) is 29.7 Å². The molecule has 0 heterocycles. The number of methoxy groups -OCH3 is 2. The van der Waals surface area contributed by atoms with E-state index in [2.05, 4.69) is 0 Å². The molecular weight excluding hydrogens is 416 g/mol. The van der Waals surface area contributed by atoms with Crippen LogP contribution in [0.15, 0.2) is 41.3 Å². The van der Waals surface area contributed by atoms with Crippen LogP contribution in [-0.4, -0.2) is 22.6 Å². The number of rotatable bonds is 5. The van der Waals surface area contributed by atoms with Gasteiger partial charge in [0.05, 0.1) is 31.0 Å². The molecule has 0 atom stereocenters. The molecule has 0 radical (unpaired) electrons. The molecule has 0 saturated heterocycles. The molecule has 12 heteroatoms. The zero-order chi connectivity index (χ0) is 21.3. The molecule has 2 rings (SSSR count). The average Bonchev–Trinajstić information content (AvgIpc) is 2.58. The van der Waals surface area contributed by atoms with E-state index in [0.717, 1.165) is 13.2 Å². The summed E-state index contributed by atoms with van der Waals surface area (Å²) in [6.07, 6.45) is -10.2. The molecule has 0 bridgehead atoms. The first-order chi connectivity index (χ1) is 12.8. The van der Waals surface area contributed by atoms with Gasteiger partial charge in [0.2, 0.25) is 0 Å². The van der Waals surface area contributed by atoms with Crippen LogP contribution in [0, 0.1) is 0 Å². The van der Waals surface area contributed by atoms with E-state index in [1.165, 1.54) is 19.2 Å². The number of nitrogens with one attached hydrogen (secondary N) is 1. The number of anilines is 1. The summed E-state index contributed by atoms with van der Waals surface area (Å²) < 4.78 is 114. The summed E-state index contributed by atoms with van der Waals surface area (Å²) in [6.45, 7) is 0. The van der Waals surface area contributed by atoms with Gasteiger partial charge in [0.1, 0.15) is 16.4 Å². The zero-order valence-corrected chi connectivity index (χ0v) is 15.1. The summed E-state index contributed by atoms with van der Waals surface area (Å²) in [4.78, 5) is -0.498. The molecule has 2 aromatic carbocycles. The smallest absolute Gasteiger partial charge is 0.416 e. The maximum Gasteiger partial charge on any atom is 0.416 e. The van der Waals surface area contributed by atoms with Crippen LogP contribution in [0.1, 0.15) is 11.1 Å². The number of benzene rings is 2. The number of alkyl halides is 6. The molecule has 0 aliphatic rings. The third-order valence-corrected chi connectivity index (χ3v) is 4.92. The molecule has 0 aliphatic carbocycles. The Morgan fingerprint density at radius 2 is 1.36 bits per heavy atom. The Bertz CT molecular complexity index is 938. The summed E-state index contributed by atoms with van der Waals surface area (Å²) in [5, 5.41) is 0. The second-order valence-electron chi connectivity index (χ2n) is 5.42. The van der Waals surface area contributed by atoms with Crippen LogP contribution in [0.4, 0.5) is 32.0 Å². The van der Waals surface area contributed by atoms with E-state index in [1.54, 1.807) is 4.72 Å². The predicted molar refractivity (Wildman–Crippen MR) is 86.8 cm³/mol. The van der Waals surface area contributed by atoms with Gasteiger partial charge in [-0.15, -0.1) is 0 Å². The van der Waals surface area contributed by atoms with Crippen molar-refractivity contribution in [3.63, 3.8) is 0 Å². The maximum atomic E-state index is 12.9. The van der Waals surface area contributed by atoms with Gasteiger partial charge in [0.25, 0.3) is 10.0 Å². The largest absolute Gasteiger partial charge is 0.497 e. The van der Waals surface area contributed by atoms with Gasteiger partial charge >= 0.3 is 12.4 Å². The van der Waals surface area contributed by atoms with Crippen LogP contribution in [0.5, 0.6) is 11.5 Å². The highest BCUT2D eigenvalue weighted by Gasteiger charge is 2.37. The van der Waals surface area contributed by atoms with Gasteiger partial charge < -0.3 is 9.47 Å². The molecule has 0 unspecified atom stereocenters. The SMILES string of the molecule is COc1ccc(S(=O)(=O)Nc2cc(C(F)(F)F)cc(C(F)(F)F)c2)c(OC)c1. The van der Waals surface area contributed by atoms with Crippen molar-refractivity contribution < 1.29 is 44.2 Å². The van der Waals surface area contributed by atoms with Gasteiger partial charge in [-0.2, -0.15) is 26.3 Å². The summed E-state index contributed by atoms with van der Waals surface area (Å²) in [5.74, 6) is 0.0177. The third-order valence-electron chi connectivity index (χ3n) is 3.50. The maximum absolute atomic E-state index is 12.9. The van der Waals surface area contributed by atoms with Crippen LogP contribution in [0.3, 0.4) is 0 Å². The number of hydrogen-bond acceptors (Lipinski definition) is 4. The molecule has 0 amide bonds. The highest BCUT2D eigenvalue weighted by atomic mass is 32.2. The predicted octanol–water partition coefficient (Wildman–Crippen LogP) is 4.54. The van der Waals surface area contributed by atoms with Gasteiger partial charge in [-0.25, -0.2) is 8.42 Å². The molecule has 0 aliphatic heterocycles. The highest BCUT2D eigenvalue weighted by molar-refractivity contribution is 7.92. The third kappa shape index (κ3) is 4.80. The van der Waals surface area contributed by atoms with Crippen molar-refractivity contribution in [3.8, 4) is 11.5 Å². The lowest BCUT2D eigenvalue weighted by Gasteiger charge is -2.16. The average molecular weight is 429 g/mol. The van der Waals surface area contributed by atoms with E-state index < -0.39 is 44.1 Å². The lowest BCUT2D eigenvalue weighted by atomic mass is 10.1. The minimum absolute atomic E-state index is 0.105. The van der Waals surface area contributed by atoms with Crippen LogP contribution in [-0.2, 0) is 22.4 Å². The summed E-state index contributed by atoms with van der Waals surface area (Å²) in [7, 11) is -2.12. The fourth-order valence-electron chi connectivity index (χ4n) is 2.22. The van der Waals surface area contributed by atoms with Gasteiger partial charge in [0, 0.05) is 6.07 Å². The second kappa shape index (κ2) is 7.41. The fraction of sp³-hybridized carbons (Fsp3) is 0.250. The number of ether oxygens (including phenoxy) is 2. The van der Waals surface area contributed by atoms with Gasteiger partial charge in [-0.3, -0.25) is 4.72 Å². The van der Waals surface area contributed by atoms with Crippen molar-refractivity contribution in [1.29, 1.82) is 0 Å². The molecule has 0 saturated carbocycles. The summed E-state index contributed by atoms with van der Waals surface area (Å²) in [5.41, 5.74) is -4.21. The van der Waals surface area contributed by atoms with Crippen molar-refractivity contribution in [2.45, 2.75) is 17.2 Å². The van der Waals surface area contributed by atoms with Crippen molar-refractivity contribution in [1.82, 2.24) is 0 Å². The van der Waals surface area contributed by atoms with Crippen LogP contribution >= 0.6 is 0 Å². The lowest BCUT2D eigenvalue weighted by Crippen LogP contribution is -2.17. The summed E-state index contributed by atoms with van der Waals surface area (Å²) >= 11 is 0. The van der Waals surface area contributed by atoms with E-state index >= 15 is 0 Å². The van der Waals surface area contributed by atoms with Gasteiger partial charge in [0.15, 0.2) is 0 Å². The fourth-order valence-corrected chi connectivity index (χ4v) is 3.41. The topological polar surface area (TPSA) is 64.6 Å². The first-order valence-corrected chi connectivity index (χ1v) is 8.80. The van der Waals surface area contributed by atoms with Gasteiger partial charge in [-0.05, 0) is 30.3 Å². The second-order valence-corrected chi connectivity index (χ2v) is 7.07. The van der Waals surface area contributed by atoms with Crippen molar-refractivity contribution >= 4 is 15.7 Å². The molecule has 28 heavy (non-hydrogen) atoms. The van der Waals surface area contributed by atoms with Crippen molar-refractivity contribution in [2.75, 3.05) is 18.9 Å².